The molecule has 2 rings (SSSR count). The highest BCUT2D eigenvalue weighted by atomic mass is 16.4. The number of aromatic amines is 1. The maximum atomic E-state index is 13.1. The van der Waals surface area contributed by atoms with E-state index in [1.165, 1.54) is 0 Å². The number of para-hydroxylation sites is 1. The van der Waals surface area contributed by atoms with Gasteiger partial charge >= 0.3 is 11.9 Å². The molecule has 1 aromatic carbocycles. The highest BCUT2D eigenvalue weighted by Gasteiger charge is 2.28. The van der Waals surface area contributed by atoms with Crippen molar-refractivity contribution >= 4 is 46.5 Å². The third-order valence-corrected chi connectivity index (χ3v) is 5.72. The number of nitrogens with zero attached hydrogens (tertiary/aromatic N) is 1. The number of carbonyl (C=O) groups is 5. The third kappa shape index (κ3) is 10.3. The predicted molar refractivity (Wildman–Crippen MR) is 141 cm³/mol. The number of benzene rings is 1. The highest BCUT2D eigenvalue weighted by molar-refractivity contribution is 5.94. The molecule has 3 amide bonds. The van der Waals surface area contributed by atoms with E-state index in [0.29, 0.717) is 0 Å². The minimum Gasteiger partial charge on any atom is -0.481 e. The zero-order valence-corrected chi connectivity index (χ0v) is 21.2. The Morgan fingerprint density at radius 2 is 1.59 bits per heavy atom. The van der Waals surface area contributed by atoms with Crippen molar-refractivity contribution in [3.63, 3.8) is 0 Å². The van der Waals surface area contributed by atoms with Gasteiger partial charge in [0.05, 0.1) is 6.04 Å². The van der Waals surface area contributed by atoms with Crippen molar-refractivity contribution < 1.29 is 34.2 Å². The average molecular weight is 547 g/mol. The van der Waals surface area contributed by atoms with Crippen LogP contribution < -0.4 is 33.2 Å². The van der Waals surface area contributed by atoms with Crippen molar-refractivity contribution in [2.75, 3.05) is 13.1 Å². The number of carbonyl (C=O) groups excluding carboxylic acids is 3. The first-order valence-electron chi connectivity index (χ1n) is 12.2. The Bertz CT molecular complexity index is 1210. The fourth-order valence-electron chi connectivity index (χ4n) is 3.78. The Kier molecular flexibility index (Phi) is 11.7. The molecular formula is C24H34N8O7. The molecule has 0 fully saturated rings. The first-order chi connectivity index (χ1) is 18.5. The molecule has 0 radical (unpaired) electrons. The second kappa shape index (κ2) is 14.9. The molecule has 3 atom stereocenters. The third-order valence-electron chi connectivity index (χ3n) is 5.72. The molecule has 15 heteroatoms. The molecule has 12 N–H and O–H groups in total. The molecule has 0 aliphatic rings. The van der Waals surface area contributed by atoms with Crippen LogP contribution in [0.5, 0.6) is 0 Å². The van der Waals surface area contributed by atoms with Crippen molar-refractivity contribution in [3.8, 4) is 0 Å². The Labute approximate surface area is 223 Å². The lowest BCUT2D eigenvalue weighted by molar-refractivity contribution is -0.140. The number of aromatic nitrogens is 1. The summed E-state index contributed by atoms with van der Waals surface area (Å²) in [5.41, 5.74) is 18.5. The second-order valence-corrected chi connectivity index (χ2v) is 8.79. The summed E-state index contributed by atoms with van der Waals surface area (Å²) in [6, 6.07) is 3.96. The molecular weight excluding hydrogens is 512 g/mol. The van der Waals surface area contributed by atoms with Crippen LogP contribution >= 0.6 is 0 Å². The smallest absolute Gasteiger partial charge is 0.322 e. The van der Waals surface area contributed by atoms with E-state index in [-0.39, 0.29) is 38.2 Å². The number of nitrogens with one attached hydrogen (secondary N) is 4. The number of nitrogens with two attached hydrogens (primary N) is 3. The average Bonchev–Trinajstić information content (AvgIpc) is 3.28. The van der Waals surface area contributed by atoms with Gasteiger partial charge in [0.25, 0.3) is 0 Å². The van der Waals surface area contributed by atoms with Crippen molar-refractivity contribution in [3.05, 3.63) is 36.0 Å². The Morgan fingerprint density at radius 1 is 0.923 bits per heavy atom. The van der Waals surface area contributed by atoms with E-state index in [9.17, 15) is 24.0 Å². The summed E-state index contributed by atoms with van der Waals surface area (Å²) in [4.78, 5) is 67.3. The lowest BCUT2D eigenvalue weighted by atomic mass is 10.0. The fraction of sp³-hybridized carbons (Fsp3) is 0.417. The molecule has 15 nitrogen and oxygen atoms in total. The standard InChI is InChI=1S/C24H34N8O7/c25-15(10-13-11-29-16-5-2-1-4-14(13)16)21(37)31-17(6-3-9-28-24(26)27)23(39)32-18(7-8-19(33)34)22(38)30-12-20(35)36/h1-2,4-5,11,15,17-18,29H,3,6-10,12,25H2,(H,30,38)(H,31,37)(H,32,39)(H,33,34)(H,35,36)(H4,26,27,28). The van der Waals surface area contributed by atoms with Gasteiger partial charge in [-0.05, 0) is 37.3 Å². The van der Waals surface area contributed by atoms with Crippen LogP contribution in [0, 0.1) is 0 Å². The Morgan fingerprint density at radius 3 is 2.26 bits per heavy atom. The van der Waals surface area contributed by atoms with Gasteiger partial charge in [0, 0.05) is 30.1 Å². The molecule has 0 saturated heterocycles. The Balaban J connectivity index is 2.14. The highest BCUT2D eigenvalue weighted by Crippen LogP contribution is 2.18. The summed E-state index contributed by atoms with van der Waals surface area (Å²) in [7, 11) is 0. The first kappa shape index (κ1) is 30.6. The minimum absolute atomic E-state index is 0.0660. The van der Waals surface area contributed by atoms with Crippen LogP contribution in [-0.2, 0) is 30.4 Å². The van der Waals surface area contributed by atoms with Gasteiger partial charge in [-0.25, -0.2) is 0 Å². The second-order valence-electron chi connectivity index (χ2n) is 8.79. The minimum atomic E-state index is -1.36. The van der Waals surface area contributed by atoms with Crippen LogP contribution in [0.1, 0.15) is 31.2 Å². The predicted octanol–water partition coefficient (Wildman–Crippen LogP) is -1.87. The summed E-state index contributed by atoms with van der Waals surface area (Å²) >= 11 is 0. The number of carboxylic acid groups (broad SMARTS) is 2. The van der Waals surface area contributed by atoms with Gasteiger partial charge in [-0.1, -0.05) is 18.2 Å². The van der Waals surface area contributed by atoms with Crippen LogP contribution in [0.3, 0.4) is 0 Å². The molecule has 0 aliphatic carbocycles. The van der Waals surface area contributed by atoms with Gasteiger partial charge in [0.1, 0.15) is 18.6 Å². The number of hydrogen-bond donors (Lipinski definition) is 9. The maximum absolute atomic E-state index is 13.1. The van der Waals surface area contributed by atoms with E-state index in [2.05, 4.69) is 25.9 Å². The van der Waals surface area contributed by atoms with Crippen LogP contribution in [0.25, 0.3) is 10.9 Å². The molecule has 1 aromatic heterocycles. The van der Waals surface area contributed by atoms with Gasteiger partial charge in [-0.2, -0.15) is 0 Å². The topological polar surface area (TPSA) is 268 Å². The molecule has 3 unspecified atom stereocenters. The normalized spacial score (nSPS) is 13.1. The summed E-state index contributed by atoms with van der Waals surface area (Å²) in [6.45, 7) is -0.565. The van der Waals surface area contributed by atoms with Gasteiger partial charge in [-0.3, -0.25) is 29.0 Å². The molecule has 39 heavy (non-hydrogen) atoms. The number of guanidine groups is 1. The van der Waals surface area contributed by atoms with Crippen LogP contribution in [0.15, 0.2) is 35.5 Å². The van der Waals surface area contributed by atoms with E-state index in [1.54, 1.807) is 6.20 Å². The molecule has 0 spiro atoms. The van der Waals surface area contributed by atoms with E-state index in [4.69, 9.17) is 27.4 Å². The van der Waals surface area contributed by atoms with Crippen LogP contribution in [0.4, 0.5) is 0 Å². The molecule has 212 valence electrons. The fourth-order valence-corrected chi connectivity index (χ4v) is 3.78. The zero-order chi connectivity index (χ0) is 28.9. The van der Waals surface area contributed by atoms with Gasteiger partial charge in [-0.15, -0.1) is 0 Å². The molecule has 0 aliphatic heterocycles. The number of fused-ring (bicyclic) bond motifs is 1. The van der Waals surface area contributed by atoms with Crippen molar-refractivity contribution in [2.45, 2.75) is 50.2 Å². The largest absolute Gasteiger partial charge is 0.481 e. The maximum Gasteiger partial charge on any atom is 0.322 e. The Hall–Kier alpha value is -4.66. The van der Waals surface area contributed by atoms with Gasteiger partial charge in [0.2, 0.25) is 17.7 Å². The molecule has 2 aromatic rings. The lowest BCUT2D eigenvalue weighted by Gasteiger charge is -2.24. The lowest BCUT2D eigenvalue weighted by Crippen LogP contribution is -2.56. The van der Waals surface area contributed by atoms with E-state index in [0.717, 1.165) is 16.5 Å². The number of H-pyrrole nitrogens is 1. The number of aliphatic carboxylic acids is 2. The zero-order valence-electron chi connectivity index (χ0n) is 21.2. The van der Waals surface area contributed by atoms with Gasteiger partial charge in [0.15, 0.2) is 5.96 Å². The molecule has 0 saturated carbocycles. The van der Waals surface area contributed by atoms with E-state index >= 15 is 0 Å². The van der Waals surface area contributed by atoms with Gasteiger partial charge < -0.3 is 48.3 Å². The van der Waals surface area contributed by atoms with Crippen molar-refractivity contribution in [2.24, 2.45) is 22.2 Å². The molecule has 1 heterocycles. The number of rotatable bonds is 16. The van der Waals surface area contributed by atoms with E-state index in [1.807, 2.05) is 24.3 Å². The SMILES string of the molecule is NC(N)=NCCCC(NC(=O)C(N)Cc1c[nH]c2ccccc12)C(=O)NC(CCC(=O)O)C(=O)NCC(=O)O. The number of hydrogen-bond acceptors (Lipinski definition) is 7. The summed E-state index contributed by atoms with van der Waals surface area (Å²) in [5.74, 6) is -4.97. The van der Waals surface area contributed by atoms with Crippen LogP contribution in [-0.4, -0.2) is 82.0 Å². The molecule has 0 bridgehead atoms. The van der Waals surface area contributed by atoms with Crippen LogP contribution in [0.2, 0.25) is 0 Å². The summed E-state index contributed by atoms with van der Waals surface area (Å²) in [6.07, 6.45) is 1.50. The number of carboxylic acids is 2. The summed E-state index contributed by atoms with van der Waals surface area (Å²) in [5, 5.41) is 25.8. The van der Waals surface area contributed by atoms with Crippen molar-refractivity contribution in [1.29, 1.82) is 0 Å². The number of aliphatic imine (C=N–C) groups is 1. The monoisotopic (exact) mass is 546 g/mol. The van der Waals surface area contributed by atoms with Crippen molar-refractivity contribution in [1.82, 2.24) is 20.9 Å². The van der Waals surface area contributed by atoms with E-state index < -0.39 is 60.8 Å². The quantitative estimate of drug-likeness (QED) is 0.0642. The number of amides is 3. The first-order valence-corrected chi connectivity index (χ1v) is 12.2. The summed E-state index contributed by atoms with van der Waals surface area (Å²) < 4.78 is 0.